The number of halogens is 3. The molecule has 0 spiro atoms. The van der Waals surface area contributed by atoms with Gasteiger partial charge in [0.2, 0.25) is 5.91 Å². The summed E-state index contributed by atoms with van der Waals surface area (Å²) in [6.07, 6.45) is -4.42. The van der Waals surface area contributed by atoms with Gasteiger partial charge >= 0.3 is 6.36 Å². The molecular weight excluding hydrogens is 249 g/mol. The van der Waals surface area contributed by atoms with Crippen molar-refractivity contribution in [2.45, 2.75) is 12.8 Å². The molecular formula is C11H13F3N2O2. The van der Waals surface area contributed by atoms with Crippen LogP contribution in [0.15, 0.2) is 24.3 Å². The molecule has 1 amide bonds. The molecule has 100 valence electrons. The summed E-state index contributed by atoms with van der Waals surface area (Å²) in [4.78, 5) is 11.3. The Hall–Kier alpha value is -1.76. The third-order valence-electron chi connectivity index (χ3n) is 1.97. The monoisotopic (exact) mass is 262 g/mol. The average Bonchev–Trinajstić information content (AvgIpc) is 2.27. The molecule has 1 aromatic rings. The zero-order valence-corrected chi connectivity index (χ0v) is 9.67. The molecule has 0 fully saturated rings. The highest BCUT2D eigenvalue weighted by Crippen LogP contribution is 2.23. The van der Waals surface area contributed by atoms with E-state index in [2.05, 4.69) is 15.4 Å². The Morgan fingerprint density at radius 2 is 1.89 bits per heavy atom. The zero-order chi connectivity index (χ0) is 13.6. The van der Waals surface area contributed by atoms with Gasteiger partial charge in [-0.15, -0.1) is 13.2 Å². The van der Waals surface area contributed by atoms with E-state index in [1.807, 2.05) is 0 Å². The van der Waals surface area contributed by atoms with E-state index in [1.165, 1.54) is 12.1 Å². The quantitative estimate of drug-likeness (QED) is 0.854. The van der Waals surface area contributed by atoms with E-state index in [0.29, 0.717) is 12.2 Å². The topological polar surface area (TPSA) is 50.4 Å². The molecule has 0 saturated carbocycles. The Labute approximate surface area is 102 Å². The SMILES string of the molecule is CNCCC(=O)Nc1ccc(OC(F)(F)F)cc1. The molecule has 1 aromatic carbocycles. The van der Waals surface area contributed by atoms with Crippen molar-refractivity contribution in [3.05, 3.63) is 24.3 Å². The van der Waals surface area contributed by atoms with Crippen molar-refractivity contribution < 1.29 is 22.7 Å². The number of benzene rings is 1. The second kappa shape index (κ2) is 6.25. The number of carbonyl (C=O) groups excluding carboxylic acids is 1. The molecule has 0 unspecified atom stereocenters. The lowest BCUT2D eigenvalue weighted by Gasteiger charge is -2.09. The number of rotatable bonds is 5. The van der Waals surface area contributed by atoms with E-state index in [1.54, 1.807) is 7.05 Å². The molecule has 0 saturated heterocycles. The van der Waals surface area contributed by atoms with E-state index in [0.717, 1.165) is 12.1 Å². The maximum absolute atomic E-state index is 11.9. The first kappa shape index (κ1) is 14.3. The predicted octanol–water partition coefficient (Wildman–Crippen LogP) is 2.13. The predicted molar refractivity (Wildman–Crippen MR) is 60.3 cm³/mol. The van der Waals surface area contributed by atoms with E-state index >= 15 is 0 Å². The molecule has 0 bridgehead atoms. The van der Waals surface area contributed by atoms with Crippen LogP contribution < -0.4 is 15.4 Å². The number of nitrogens with one attached hydrogen (secondary N) is 2. The maximum atomic E-state index is 11.9. The molecule has 0 aliphatic heterocycles. The van der Waals surface area contributed by atoms with Gasteiger partial charge in [-0.1, -0.05) is 0 Å². The minimum absolute atomic E-state index is 0.214. The minimum atomic E-state index is -4.71. The normalized spacial score (nSPS) is 11.1. The molecule has 0 aliphatic carbocycles. The van der Waals surface area contributed by atoms with Gasteiger partial charge in [0.1, 0.15) is 5.75 Å². The zero-order valence-electron chi connectivity index (χ0n) is 9.67. The first-order valence-electron chi connectivity index (χ1n) is 5.21. The van der Waals surface area contributed by atoms with Gasteiger partial charge in [0.25, 0.3) is 0 Å². The summed E-state index contributed by atoms with van der Waals surface area (Å²) in [6, 6.07) is 4.97. The molecule has 18 heavy (non-hydrogen) atoms. The third kappa shape index (κ3) is 5.53. The van der Waals surface area contributed by atoms with Gasteiger partial charge in [-0.05, 0) is 31.3 Å². The highest BCUT2D eigenvalue weighted by Gasteiger charge is 2.30. The second-order valence-corrected chi connectivity index (χ2v) is 3.47. The van der Waals surface area contributed by atoms with Crippen LogP contribution in [0.5, 0.6) is 5.75 Å². The van der Waals surface area contributed by atoms with Crippen LogP contribution in [0.3, 0.4) is 0 Å². The molecule has 0 radical (unpaired) electrons. The fraction of sp³-hybridized carbons (Fsp3) is 0.364. The van der Waals surface area contributed by atoms with E-state index < -0.39 is 6.36 Å². The Bertz CT molecular complexity index is 390. The molecule has 0 atom stereocenters. The third-order valence-corrected chi connectivity index (χ3v) is 1.97. The molecule has 1 rings (SSSR count). The first-order valence-corrected chi connectivity index (χ1v) is 5.21. The number of hydrogen-bond donors (Lipinski definition) is 2. The van der Waals surface area contributed by atoms with Crippen molar-refractivity contribution in [1.82, 2.24) is 5.32 Å². The number of hydrogen-bond acceptors (Lipinski definition) is 3. The van der Waals surface area contributed by atoms with Crippen molar-refractivity contribution in [3.8, 4) is 5.75 Å². The number of anilines is 1. The number of amides is 1. The molecule has 0 aromatic heterocycles. The summed E-state index contributed by atoms with van der Waals surface area (Å²) in [7, 11) is 1.72. The summed E-state index contributed by atoms with van der Waals surface area (Å²) in [6.45, 7) is 0.529. The van der Waals surface area contributed by atoms with Gasteiger partial charge < -0.3 is 15.4 Å². The van der Waals surface area contributed by atoms with Crippen LogP contribution in [0.1, 0.15) is 6.42 Å². The smallest absolute Gasteiger partial charge is 0.406 e. The van der Waals surface area contributed by atoms with Crippen LogP contribution in [-0.2, 0) is 4.79 Å². The van der Waals surface area contributed by atoms with E-state index in [-0.39, 0.29) is 18.1 Å². The van der Waals surface area contributed by atoms with Gasteiger partial charge in [-0.2, -0.15) is 0 Å². The first-order chi connectivity index (χ1) is 8.40. The van der Waals surface area contributed by atoms with Gasteiger partial charge in [-0.3, -0.25) is 4.79 Å². The Balaban J connectivity index is 2.52. The minimum Gasteiger partial charge on any atom is -0.406 e. The second-order valence-electron chi connectivity index (χ2n) is 3.47. The standard InChI is InChI=1S/C11H13F3N2O2/c1-15-7-6-10(17)16-8-2-4-9(5-3-8)18-11(12,13)14/h2-5,15H,6-7H2,1H3,(H,16,17). The average molecular weight is 262 g/mol. The molecule has 2 N–H and O–H groups in total. The van der Waals surface area contributed by atoms with Gasteiger partial charge in [0.05, 0.1) is 0 Å². The van der Waals surface area contributed by atoms with Crippen LogP contribution in [0.2, 0.25) is 0 Å². The largest absolute Gasteiger partial charge is 0.573 e. The molecule has 0 heterocycles. The van der Waals surface area contributed by atoms with Crippen molar-refractivity contribution in [1.29, 1.82) is 0 Å². The van der Waals surface area contributed by atoms with E-state index in [9.17, 15) is 18.0 Å². The van der Waals surface area contributed by atoms with Crippen LogP contribution in [0.25, 0.3) is 0 Å². The van der Waals surface area contributed by atoms with Crippen molar-refractivity contribution >= 4 is 11.6 Å². The van der Waals surface area contributed by atoms with Crippen LogP contribution in [0.4, 0.5) is 18.9 Å². The van der Waals surface area contributed by atoms with Crippen LogP contribution in [0, 0.1) is 0 Å². The lowest BCUT2D eigenvalue weighted by Crippen LogP contribution is -2.19. The van der Waals surface area contributed by atoms with Crippen molar-refractivity contribution in [2.75, 3.05) is 18.9 Å². The van der Waals surface area contributed by atoms with Crippen molar-refractivity contribution in [3.63, 3.8) is 0 Å². The highest BCUT2D eigenvalue weighted by atomic mass is 19.4. The Morgan fingerprint density at radius 3 is 2.39 bits per heavy atom. The maximum Gasteiger partial charge on any atom is 0.573 e. The molecule has 4 nitrogen and oxygen atoms in total. The summed E-state index contributed by atoms with van der Waals surface area (Å²) in [5.74, 6) is -0.537. The van der Waals surface area contributed by atoms with Crippen LogP contribution in [-0.4, -0.2) is 25.9 Å². The number of ether oxygens (including phenoxy) is 1. The van der Waals surface area contributed by atoms with E-state index in [4.69, 9.17) is 0 Å². The number of alkyl halides is 3. The van der Waals surface area contributed by atoms with Gasteiger partial charge in [0.15, 0.2) is 0 Å². The Morgan fingerprint density at radius 1 is 1.28 bits per heavy atom. The lowest BCUT2D eigenvalue weighted by molar-refractivity contribution is -0.274. The summed E-state index contributed by atoms with van der Waals surface area (Å²) >= 11 is 0. The van der Waals surface area contributed by atoms with Gasteiger partial charge in [-0.25, -0.2) is 0 Å². The number of carbonyl (C=O) groups is 1. The highest BCUT2D eigenvalue weighted by molar-refractivity contribution is 5.90. The fourth-order valence-corrected chi connectivity index (χ4v) is 1.20. The van der Waals surface area contributed by atoms with Gasteiger partial charge in [0, 0.05) is 18.7 Å². The lowest BCUT2D eigenvalue weighted by atomic mass is 10.3. The summed E-state index contributed by atoms with van der Waals surface area (Å²) in [5.41, 5.74) is 0.422. The summed E-state index contributed by atoms with van der Waals surface area (Å²) < 4.78 is 39.4. The molecule has 0 aliphatic rings. The fourth-order valence-electron chi connectivity index (χ4n) is 1.20. The Kier molecular flexibility index (Phi) is 4.96. The summed E-state index contributed by atoms with van der Waals surface area (Å²) in [5, 5.41) is 5.36. The van der Waals surface area contributed by atoms with Crippen LogP contribution >= 0.6 is 0 Å². The molecule has 7 heteroatoms. The van der Waals surface area contributed by atoms with Crippen molar-refractivity contribution in [2.24, 2.45) is 0 Å².